The number of aliphatic hydroxyl groups is 1. The highest BCUT2D eigenvalue weighted by molar-refractivity contribution is 5.92. The maximum Gasteiger partial charge on any atom is 0.248 e. The molecule has 0 saturated heterocycles. The third-order valence-electron chi connectivity index (χ3n) is 3.09. The van der Waals surface area contributed by atoms with Gasteiger partial charge in [-0.05, 0) is 25.0 Å². The normalized spacial score (nSPS) is 14.2. The van der Waals surface area contributed by atoms with Crippen LogP contribution in [0.4, 0.5) is 4.39 Å². The summed E-state index contributed by atoms with van der Waals surface area (Å²) < 4.78 is 13.6. The van der Waals surface area contributed by atoms with Gasteiger partial charge in [0, 0.05) is 30.3 Å². The van der Waals surface area contributed by atoms with E-state index < -0.39 is 11.7 Å². The van der Waals surface area contributed by atoms with Crippen molar-refractivity contribution in [3.63, 3.8) is 0 Å². The van der Waals surface area contributed by atoms with E-state index in [-0.39, 0.29) is 24.1 Å². The molecule has 2 unspecified atom stereocenters. The number of hydrogen-bond donors (Lipinski definition) is 3. The zero-order valence-electron chi connectivity index (χ0n) is 10.6. The first-order chi connectivity index (χ1) is 8.45. The first kappa shape index (κ1) is 14.6. The molecule has 1 rings (SSSR count). The van der Waals surface area contributed by atoms with Gasteiger partial charge in [0.2, 0.25) is 5.91 Å². The van der Waals surface area contributed by atoms with Crippen LogP contribution in [-0.2, 0) is 6.54 Å². The number of carbonyl (C=O) groups excluding carboxylic acids is 1. The Labute approximate surface area is 106 Å². The number of rotatable bonds is 6. The van der Waals surface area contributed by atoms with Crippen molar-refractivity contribution in [2.24, 2.45) is 11.7 Å². The second-order valence-corrected chi connectivity index (χ2v) is 4.50. The molecule has 0 fully saturated rings. The highest BCUT2D eigenvalue weighted by Crippen LogP contribution is 2.11. The smallest absolute Gasteiger partial charge is 0.248 e. The Morgan fingerprint density at radius 2 is 2.17 bits per heavy atom. The van der Waals surface area contributed by atoms with Gasteiger partial charge in [-0.1, -0.05) is 13.0 Å². The molecule has 0 radical (unpaired) electrons. The van der Waals surface area contributed by atoms with Crippen molar-refractivity contribution in [2.45, 2.75) is 26.4 Å². The van der Waals surface area contributed by atoms with Gasteiger partial charge in [-0.15, -0.1) is 0 Å². The summed E-state index contributed by atoms with van der Waals surface area (Å²) in [5.41, 5.74) is 5.69. The van der Waals surface area contributed by atoms with E-state index in [1.54, 1.807) is 6.07 Å². The van der Waals surface area contributed by atoms with Crippen LogP contribution in [0.3, 0.4) is 0 Å². The summed E-state index contributed by atoms with van der Waals surface area (Å²) in [5.74, 6) is -1.00. The molecule has 2 atom stereocenters. The number of carbonyl (C=O) groups is 1. The van der Waals surface area contributed by atoms with Crippen LogP contribution in [0.25, 0.3) is 0 Å². The Morgan fingerprint density at radius 1 is 1.50 bits per heavy atom. The van der Waals surface area contributed by atoms with E-state index in [1.807, 2.05) is 13.8 Å². The number of nitrogens with two attached hydrogens (primary N) is 1. The predicted octanol–water partition coefficient (Wildman–Crippen LogP) is 1.03. The molecule has 0 aliphatic heterocycles. The van der Waals surface area contributed by atoms with Crippen LogP contribution in [0.15, 0.2) is 18.2 Å². The Kier molecular flexibility index (Phi) is 5.25. The molecule has 0 aromatic heterocycles. The molecule has 0 aliphatic carbocycles. The Hall–Kier alpha value is -1.46. The predicted molar refractivity (Wildman–Crippen MR) is 67.5 cm³/mol. The lowest BCUT2D eigenvalue weighted by molar-refractivity contribution is 0.1000. The highest BCUT2D eigenvalue weighted by Gasteiger charge is 2.12. The molecule has 0 spiro atoms. The van der Waals surface area contributed by atoms with Gasteiger partial charge in [0.25, 0.3) is 0 Å². The van der Waals surface area contributed by atoms with Gasteiger partial charge in [-0.2, -0.15) is 0 Å². The molecule has 0 aliphatic rings. The van der Waals surface area contributed by atoms with E-state index in [2.05, 4.69) is 5.32 Å². The summed E-state index contributed by atoms with van der Waals surface area (Å²) in [4.78, 5) is 10.9. The molecule has 5 heteroatoms. The average molecular weight is 254 g/mol. The minimum atomic E-state index is -0.643. The van der Waals surface area contributed by atoms with Crippen LogP contribution in [-0.4, -0.2) is 23.7 Å². The fraction of sp³-hybridized carbons (Fsp3) is 0.462. The first-order valence-corrected chi connectivity index (χ1v) is 5.88. The first-order valence-electron chi connectivity index (χ1n) is 5.88. The van der Waals surface area contributed by atoms with Gasteiger partial charge in [-0.3, -0.25) is 4.79 Å². The largest absolute Gasteiger partial charge is 0.396 e. The molecule has 18 heavy (non-hydrogen) atoms. The zero-order valence-corrected chi connectivity index (χ0v) is 10.6. The van der Waals surface area contributed by atoms with Gasteiger partial charge in [0.05, 0.1) is 0 Å². The van der Waals surface area contributed by atoms with E-state index in [4.69, 9.17) is 10.8 Å². The SMILES string of the molecule is CC(CO)C(C)NCc1ccc(C(N)=O)cc1F. The second-order valence-electron chi connectivity index (χ2n) is 4.50. The van der Waals surface area contributed by atoms with Crippen LogP contribution in [0.2, 0.25) is 0 Å². The summed E-state index contributed by atoms with van der Waals surface area (Å²) in [6.45, 7) is 4.26. The third kappa shape index (κ3) is 3.78. The monoisotopic (exact) mass is 254 g/mol. The lowest BCUT2D eigenvalue weighted by Crippen LogP contribution is -2.33. The topological polar surface area (TPSA) is 75.3 Å². The van der Waals surface area contributed by atoms with Gasteiger partial charge < -0.3 is 16.2 Å². The van der Waals surface area contributed by atoms with Crippen molar-refractivity contribution >= 4 is 5.91 Å². The number of hydrogen-bond acceptors (Lipinski definition) is 3. The van der Waals surface area contributed by atoms with Gasteiger partial charge >= 0.3 is 0 Å². The Bertz CT molecular complexity index is 423. The summed E-state index contributed by atoms with van der Waals surface area (Å²) >= 11 is 0. The standard InChI is InChI=1S/C13H19FN2O2/c1-8(7-17)9(2)16-6-11-4-3-10(13(15)18)5-12(11)14/h3-5,8-9,16-17H,6-7H2,1-2H3,(H2,15,18). The summed E-state index contributed by atoms with van der Waals surface area (Å²) in [6.07, 6.45) is 0. The molecule has 4 N–H and O–H groups in total. The number of primary amides is 1. The van der Waals surface area contributed by atoms with E-state index >= 15 is 0 Å². The van der Waals surface area contributed by atoms with Crippen LogP contribution < -0.4 is 11.1 Å². The number of amides is 1. The quantitative estimate of drug-likeness (QED) is 0.709. The Balaban J connectivity index is 2.66. The molecule has 1 amide bonds. The average Bonchev–Trinajstić information content (AvgIpc) is 2.35. The number of aliphatic hydroxyl groups excluding tert-OH is 1. The highest BCUT2D eigenvalue weighted by atomic mass is 19.1. The van der Waals surface area contributed by atoms with Crippen molar-refractivity contribution in [1.82, 2.24) is 5.32 Å². The third-order valence-corrected chi connectivity index (χ3v) is 3.09. The Morgan fingerprint density at radius 3 is 2.67 bits per heavy atom. The zero-order chi connectivity index (χ0) is 13.7. The minimum absolute atomic E-state index is 0.0743. The van der Waals surface area contributed by atoms with Crippen molar-refractivity contribution in [2.75, 3.05) is 6.61 Å². The molecule has 1 aromatic carbocycles. The maximum absolute atomic E-state index is 13.6. The van der Waals surface area contributed by atoms with Crippen LogP contribution in [0.1, 0.15) is 29.8 Å². The number of halogens is 1. The van der Waals surface area contributed by atoms with Crippen molar-refractivity contribution in [3.05, 3.63) is 35.1 Å². The molecule has 1 aromatic rings. The molecular weight excluding hydrogens is 235 g/mol. The van der Waals surface area contributed by atoms with Crippen LogP contribution in [0.5, 0.6) is 0 Å². The van der Waals surface area contributed by atoms with Crippen LogP contribution in [0, 0.1) is 11.7 Å². The van der Waals surface area contributed by atoms with Gasteiger partial charge in [-0.25, -0.2) is 4.39 Å². The minimum Gasteiger partial charge on any atom is -0.396 e. The molecule has 100 valence electrons. The molecule has 0 saturated carbocycles. The second kappa shape index (κ2) is 6.47. The lowest BCUT2D eigenvalue weighted by Gasteiger charge is -2.19. The van der Waals surface area contributed by atoms with Gasteiger partial charge in [0.15, 0.2) is 0 Å². The van der Waals surface area contributed by atoms with Gasteiger partial charge in [0.1, 0.15) is 5.82 Å². The number of benzene rings is 1. The fourth-order valence-corrected chi connectivity index (χ4v) is 1.47. The lowest BCUT2D eigenvalue weighted by atomic mass is 10.0. The summed E-state index contributed by atoms with van der Waals surface area (Å²) in [6, 6.07) is 4.26. The van der Waals surface area contributed by atoms with E-state index in [0.29, 0.717) is 12.1 Å². The molecule has 0 heterocycles. The fourth-order valence-electron chi connectivity index (χ4n) is 1.47. The van der Waals surface area contributed by atoms with Crippen LogP contribution >= 0.6 is 0 Å². The molecule has 0 bridgehead atoms. The van der Waals surface area contributed by atoms with Crippen molar-refractivity contribution in [1.29, 1.82) is 0 Å². The maximum atomic E-state index is 13.6. The molecule has 4 nitrogen and oxygen atoms in total. The summed E-state index contributed by atoms with van der Waals surface area (Å²) in [5, 5.41) is 12.1. The van der Waals surface area contributed by atoms with E-state index in [0.717, 1.165) is 6.07 Å². The van der Waals surface area contributed by atoms with Crippen molar-refractivity contribution < 1.29 is 14.3 Å². The summed E-state index contributed by atoms with van der Waals surface area (Å²) in [7, 11) is 0. The van der Waals surface area contributed by atoms with Crippen molar-refractivity contribution in [3.8, 4) is 0 Å². The van der Waals surface area contributed by atoms with E-state index in [9.17, 15) is 9.18 Å². The molecular formula is C13H19FN2O2. The number of nitrogens with one attached hydrogen (secondary N) is 1. The van der Waals surface area contributed by atoms with E-state index in [1.165, 1.54) is 6.07 Å².